The number of nitriles is 1. The maximum Gasteiger partial charge on any atom is 0.281 e. The van der Waals surface area contributed by atoms with Gasteiger partial charge in [-0.25, -0.2) is 5.01 Å². The number of carbonyl (C=O) groups is 1. The smallest absolute Gasteiger partial charge is 0.281 e. The van der Waals surface area contributed by atoms with Crippen LogP contribution in [-0.2, 0) is 4.79 Å². The van der Waals surface area contributed by atoms with Gasteiger partial charge in [0.2, 0.25) is 0 Å². The molecule has 1 aliphatic rings. The molecule has 0 fully saturated rings. The number of furan rings is 1. The first kappa shape index (κ1) is 20.2. The highest BCUT2D eigenvalue weighted by Crippen LogP contribution is 2.34. The van der Waals surface area contributed by atoms with E-state index in [1.54, 1.807) is 30.5 Å². The zero-order chi connectivity index (χ0) is 21.8. The van der Waals surface area contributed by atoms with Crippen molar-refractivity contribution in [1.29, 1.82) is 5.26 Å². The molecular weight excluding hydrogens is 394 g/mol. The Balaban J connectivity index is 1.55. The highest BCUT2D eigenvalue weighted by Gasteiger charge is 2.35. The van der Waals surface area contributed by atoms with E-state index in [0.717, 1.165) is 16.8 Å². The Hall–Kier alpha value is -4.05. The van der Waals surface area contributed by atoms with Crippen molar-refractivity contribution in [2.24, 2.45) is 5.10 Å². The lowest BCUT2D eigenvalue weighted by atomic mass is 10.0. The van der Waals surface area contributed by atoms with Gasteiger partial charge in [-0.2, -0.15) is 10.4 Å². The van der Waals surface area contributed by atoms with Crippen LogP contribution in [0, 0.1) is 18.3 Å². The van der Waals surface area contributed by atoms with Crippen molar-refractivity contribution in [2.75, 3.05) is 13.7 Å². The number of methoxy groups -OCH3 is 1. The molecule has 0 saturated carbocycles. The molecule has 0 aliphatic carbocycles. The lowest BCUT2D eigenvalue weighted by Gasteiger charge is -2.20. The van der Waals surface area contributed by atoms with Crippen molar-refractivity contribution >= 4 is 11.6 Å². The summed E-state index contributed by atoms with van der Waals surface area (Å²) in [6.07, 6.45) is 2.13. The Morgan fingerprint density at radius 3 is 2.71 bits per heavy atom. The average molecular weight is 415 g/mol. The van der Waals surface area contributed by atoms with E-state index < -0.39 is 0 Å². The van der Waals surface area contributed by atoms with E-state index in [1.165, 1.54) is 12.1 Å². The van der Waals surface area contributed by atoms with Gasteiger partial charge in [-0.05, 0) is 36.8 Å². The number of nitrogens with zero attached hydrogens (tertiary/aromatic N) is 3. The van der Waals surface area contributed by atoms with Gasteiger partial charge in [-0.15, -0.1) is 0 Å². The Kier molecular flexibility index (Phi) is 5.72. The fourth-order valence-corrected chi connectivity index (χ4v) is 3.43. The van der Waals surface area contributed by atoms with E-state index in [-0.39, 0.29) is 18.6 Å². The molecule has 0 N–H and O–H groups in total. The molecule has 0 unspecified atom stereocenters. The minimum atomic E-state index is -0.342. The third-order valence-corrected chi connectivity index (χ3v) is 5.07. The van der Waals surface area contributed by atoms with Gasteiger partial charge < -0.3 is 13.9 Å². The summed E-state index contributed by atoms with van der Waals surface area (Å²) in [5, 5.41) is 15.0. The monoisotopic (exact) mass is 415 g/mol. The minimum Gasteiger partial charge on any atom is -0.493 e. The number of hydrogen-bond donors (Lipinski definition) is 0. The molecule has 1 amide bonds. The molecule has 31 heavy (non-hydrogen) atoms. The van der Waals surface area contributed by atoms with Crippen LogP contribution in [0.1, 0.15) is 34.9 Å². The first-order valence-corrected chi connectivity index (χ1v) is 9.80. The molecule has 7 heteroatoms. The summed E-state index contributed by atoms with van der Waals surface area (Å²) >= 11 is 0. The van der Waals surface area contributed by atoms with Crippen LogP contribution >= 0.6 is 0 Å². The van der Waals surface area contributed by atoms with Crippen molar-refractivity contribution in [3.05, 3.63) is 83.3 Å². The van der Waals surface area contributed by atoms with Crippen molar-refractivity contribution in [1.82, 2.24) is 5.01 Å². The van der Waals surface area contributed by atoms with Crippen molar-refractivity contribution in [3.63, 3.8) is 0 Å². The van der Waals surface area contributed by atoms with E-state index in [4.69, 9.17) is 19.2 Å². The first-order chi connectivity index (χ1) is 15.1. The molecule has 1 atom stereocenters. The number of amides is 1. The van der Waals surface area contributed by atoms with Gasteiger partial charge in [0.15, 0.2) is 18.1 Å². The molecule has 0 radical (unpaired) electrons. The van der Waals surface area contributed by atoms with E-state index in [0.29, 0.717) is 29.2 Å². The lowest BCUT2D eigenvalue weighted by Crippen LogP contribution is -2.31. The number of hydrogen-bond acceptors (Lipinski definition) is 6. The maximum atomic E-state index is 13.0. The standard InChI is InChI=1S/C24H21N3O4/c1-16-5-8-18(9-6-16)19-13-20(21-4-3-11-30-21)27(26-19)24(28)15-31-22-10-7-17(14-25)12-23(22)29-2/h3-12,20H,13,15H2,1-2H3/t20-/m0/s1. The van der Waals surface area contributed by atoms with Crippen LogP contribution in [0.2, 0.25) is 0 Å². The molecule has 2 heterocycles. The van der Waals surface area contributed by atoms with Gasteiger partial charge >= 0.3 is 0 Å². The average Bonchev–Trinajstić information content (AvgIpc) is 3.48. The quantitative estimate of drug-likeness (QED) is 0.601. The number of rotatable bonds is 6. The highest BCUT2D eigenvalue weighted by molar-refractivity contribution is 6.03. The summed E-state index contributed by atoms with van der Waals surface area (Å²) in [5.41, 5.74) is 3.38. The van der Waals surface area contributed by atoms with Gasteiger partial charge in [0.05, 0.1) is 30.7 Å². The van der Waals surface area contributed by atoms with Gasteiger partial charge in [-0.1, -0.05) is 29.8 Å². The van der Waals surface area contributed by atoms with Gasteiger partial charge in [0.1, 0.15) is 11.8 Å². The van der Waals surface area contributed by atoms with Crippen LogP contribution in [0.5, 0.6) is 11.5 Å². The van der Waals surface area contributed by atoms with E-state index in [2.05, 4.69) is 5.10 Å². The van der Waals surface area contributed by atoms with E-state index >= 15 is 0 Å². The summed E-state index contributed by atoms with van der Waals surface area (Å²) in [7, 11) is 1.48. The zero-order valence-electron chi connectivity index (χ0n) is 17.2. The normalized spacial score (nSPS) is 15.3. The molecule has 0 bridgehead atoms. The third-order valence-electron chi connectivity index (χ3n) is 5.07. The van der Waals surface area contributed by atoms with Gasteiger partial charge in [-0.3, -0.25) is 4.79 Å². The van der Waals surface area contributed by atoms with Crippen LogP contribution in [-0.4, -0.2) is 30.3 Å². The molecular formula is C24H21N3O4. The molecule has 0 spiro atoms. The lowest BCUT2D eigenvalue weighted by molar-refractivity contribution is -0.135. The van der Waals surface area contributed by atoms with Crippen LogP contribution in [0.15, 0.2) is 70.4 Å². The summed E-state index contributed by atoms with van der Waals surface area (Å²) in [5.74, 6) is 1.12. The second-order valence-electron chi connectivity index (χ2n) is 7.15. The fourth-order valence-electron chi connectivity index (χ4n) is 3.43. The summed E-state index contributed by atoms with van der Waals surface area (Å²) in [4.78, 5) is 13.0. The fraction of sp³-hybridized carbons (Fsp3) is 0.208. The molecule has 7 nitrogen and oxygen atoms in total. The second-order valence-corrected chi connectivity index (χ2v) is 7.15. The summed E-state index contributed by atoms with van der Waals surface area (Å²) in [6, 6.07) is 18.2. The second kappa shape index (κ2) is 8.76. The van der Waals surface area contributed by atoms with Crippen molar-refractivity contribution in [2.45, 2.75) is 19.4 Å². The molecule has 4 rings (SSSR count). The molecule has 156 valence electrons. The van der Waals surface area contributed by atoms with Crippen LogP contribution in [0.3, 0.4) is 0 Å². The Morgan fingerprint density at radius 1 is 1.23 bits per heavy atom. The van der Waals surface area contributed by atoms with Gasteiger partial charge in [0.25, 0.3) is 5.91 Å². The Morgan fingerprint density at radius 2 is 2.03 bits per heavy atom. The molecule has 3 aromatic rings. The van der Waals surface area contributed by atoms with E-state index in [9.17, 15) is 4.79 Å². The summed E-state index contributed by atoms with van der Waals surface area (Å²) < 4.78 is 16.5. The molecule has 2 aromatic carbocycles. The summed E-state index contributed by atoms with van der Waals surface area (Å²) in [6.45, 7) is 1.79. The number of benzene rings is 2. The minimum absolute atomic E-state index is 0.232. The SMILES string of the molecule is COc1cc(C#N)ccc1OCC(=O)N1N=C(c2ccc(C)cc2)C[C@H]1c1ccco1. The van der Waals surface area contributed by atoms with Crippen LogP contribution < -0.4 is 9.47 Å². The number of hydrazone groups is 1. The maximum absolute atomic E-state index is 13.0. The zero-order valence-corrected chi connectivity index (χ0v) is 17.2. The predicted molar refractivity (Wildman–Crippen MR) is 114 cm³/mol. The van der Waals surface area contributed by atoms with Crippen LogP contribution in [0.4, 0.5) is 0 Å². The first-order valence-electron chi connectivity index (χ1n) is 9.80. The van der Waals surface area contributed by atoms with Crippen molar-refractivity contribution < 1.29 is 18.7 Å². The molecule has 1 aromatic heterocycles. The van der Waals surface area contributed by atoms with E-state index in [1.807, 2.05) is 43.3 Å². The Bertz CT molecular complexity index is 1140. The number of aryl methyl sites for hydroxylation is 1. The van der Waals surface area contributed by atoms with Crippen molar-refractivity contribution in [3.8, 4) is 17.6 Å². The third kappa shape index (κ3) is 4.28. The largest absolute Gasteiger partial charge is 0.493 e. The molecule has 0 saturated heterocycles. The highest BCUT2D eigenvalue weighted by atomic mass is 16.5. The molecule has 1 aliphatic heterocycles. The number of carbonyl (C=O) groups excluding carboxylic acids is 1. The Labute approximate surface area is 180 Å². The van der Waals surface area contributed by atoms with Crippen LogP contribution in [0.25, 0.3) is 0 Å². The predicted octanol–water partition coefficient (Wildman–Crippen LogP) is 4.23. The van der Waals surface area contributed by atoms with Gasteiger partial charge in [0, 0.05) is 12.5 Å². The topological polar surface area (TPSA) is 88.1 Å². The number of ether oxygens (including phenoxy) is 2.